The minimum Gasteiger partial charge on any atom is -0.316 e. The van der Waals surface area contributed by atoms with Gasteiger partial charge in [-0.2, -0.15) is 0 Å². The summed E-state index contributed by atoms with van der Waals surface area (Å²) in [6.45, 7) is 0. The van der Waals surface area contributed by atoms with Crippen molar-refractivity contribution >= 4 is 34.3 Å². The van der Waals surface area contributed by atoms with Crippen LogP contribution in [-0.4, -0.2) is 52.2 Å². The van der Waals surface area contributed by atoms with E-state index in [1.54, 1.807) is 36.7 Å². The van der Waals surface area contributed by atoms with Gasteiger partial charge in [-0.25, -0.2) is 19.6 Å². The van der Waals surface area contributed by atoms with Crippen LogP contribution in [0.15, 0.2) is 36.7 Å². The Kier molecular flexibility index (Phi) is 4.82. The first kappa shape index (κ1) is 17.5. The van der Waals surface area contributed by atoms with Crippen LogP contribution in [0.25, 0.3) is 22.3 Å². The normalized spacial score (nSPS) is 11.0. The second-order valence-corrected chi connectivity index (χ2v) is 5.75. The fraction of sp³-hybridized carbons (Fsp3) is 0.250. The number of unbranched alkanes of at least 4 members (excludes halogenated alkanes) is 1. The molecule has 4 aromatic rings. The first-order valence-electron chi connectivity index (χ1n) is 8.46. The van der Waals surface area contributed by atoms with Crippen molar-refractivity contribution in [2.24, 2.45) is 0 Å². The number of hydrogen-bond donors (Lipinski definition) is 0. The first-order valence-corrected chi connectivity index (χ1v) is 8.46. The Hall–Kier alpha value is -3.96. The third-order valence-electron chi connectivity index (χ3n) is 3.75. The zero-order valence-corrected chi connectivity index (χ0v) is 14.5. The third kappa shape index (κ3) is 3.75. The maximum Gasteiger partial charge on any atom is 0.335 e. The number of rotatable bonds is 7. The molecule has 0 aliphatic heterocycles. The van der Waals surface area contributed by atoms with E-state index in [1.165, 1.54) is 0 Å². The zero-order chi connectivity index (χ0) is 19.3. The molecule has 0 radical (unpaired) electrons. The van der Waals surface area contributed by atoms with E-state index in [2.05, 4.69) is 30.6 Å². The van der Waals surface area contributed by atoms with E-state index in [-0.39, 0.29) is 12.8 Å². The molecule has 0 amide bonds. The number of pyridine rings is 2. The molecular formula is C16H14N8O4. The molecule has 0 aliphatic carbocycles. The van der Waals surface area contributed by atoms with Crippen molar-refractivity contribution < 1.29 is 19.3 Å². The minimum absolute atomic E-state index is 0.106. The van der Waals surface area contributed by atoms with Crippen molar-refractivity contribution in [1.29, 1.82) is 0 Å². The molecule has 142 valence electrons. The fourth-order valence-corrected chi connectivity index (χ4v) is 2.44. The van der Waals surface area contributed by atoms with Gasteiger partial charge in [-0.1, -0.05) is 0 Å². The monoisotopic (exact) mass is 382 g/mol. The van der Waals surface area contributed by atoms with Crippen molar-refractivity contribution in [2.75, 3.05) is 0 Å². The lowest BCUT2D eigenvalue weighted by atomic mass is 10.2. The molecule has 0 saturated heterocycles. The molecule has 0 aliphatic rings. The van der Waals surface area contributed by atoms with Crippen LogP contribution in [0.3, 0.4) is 0 Å². The lowest BCUT2D eigenvalue weighted by molar-refractivity contribution is -0.147. The molecule has 0 bridgehead atoms. The lowest BCUT2D eigenvalue weighted by Crippen LogP contribution is -2.22. The summed E-state index contributed by atoms with van der Waals surface area (Å²) >= 11 is 0. The first-order chi connectivity index (χ1) is 13.7. The van der Waals surface area contributed by atoms with Crippen LogP contribution in [-0.2, 0) is 9.59 Å². The van der Waals surface area contributed by atoms with Crippen molar-refractivity contribution in [2.45, 2.75) is 25.7 Å². The predicted octanol–water partition coefficient (Wildman–Crippen LogP) is 0.137. The van der Waals surface area contributed by atoms with Gasteiger partial charge in [-0.05, 0) is 57.2 Å². The second kappa shape index (κ2) is 7.73. The summed E-state index contributed by atoms with van der Waals surface area (Å²) in [6.07, 6.45) is 4.18. The Labute approximate surface area is 157 Å². The van der Waals surface area contributed by atoms with Crippen molar-refractivity contribution in [3.63, 3.8) is 0 Å². The number of carbonyl (C=O) groups is 2. The number of hydrogen-bond acceptors (Lipinski definition) is 10. The smallest absolute Gasteiger partial charge is 0.316 e. The lowest BCUT2D eigenvalue weighted by Gasteiger charge is -2.04. The van der Waals surface area contributed by atoms with Gasteiger partial charge in [0.15, 0.2) is 0 Å². The van der Waals surface area contributed by atoms with Crippen LogP contribution in [0.1, 0.15) is 25.7 Å². The molecule has 12 heteroatoms. The van der Waals surface area contributed by atoms with Gasteiger partial charge in [0.25, 0.3) is 0 Å². The van der Waals surface area contributed by atoms with Gasteiger partial charge in [0.1, 0.15) is 11.0 Å². The highest BCUT2D eigenvalue weighted by molar-refractivity contribution is 5.74. The number of fused-ring (bicyclic) bond motifs is 2. The maximum absolute atomic E-state index is 11.9. The molecule has 0 atom stereocenters. The molecule has 0 aromatic carbocycles. The average molecular weight is 382 g/mol. The van der Waals surface area contributed by atoms with Gasteiger partial charge in [0.2, 0.25) is 11.3 Å². The number of carbonyl (C=O) groups excluding carboxylic acids is 2. The summed E-state index contributed by atoms with van der Waals surface area (Å²) in [6, 6.07) is 6.83. The van der Waals surface area contributed by atoms with E-state index in [4.69, 9.17) is 9.68 Å². The van der Waals surface area contributed by atoms with E-state index in [1.807, 2.05) is 0 Å². The van der Waals surface area contributed by atoms with Crippen molar-refractivity contribution in [3.8, 4) is 0 Å². The summed E-state index contributed by atoms with van der Waals surface area (Å²) in [7, 11) is 0. The highest BCUT2D eigenvalue weighted by atomic mass is 16.7. The van der Waals surface area contributed by atoms with E-state index >= 15 is 0 Å². The van der Waals surface area contributed by atoms with E-state index in [9.17, 15) is 9.59 Å². The molecule has 12 nitrogen and oxygen atoms in total. The Morgan fingerprint density at radius 2 is 1.25 bits per heavy atom. The largest absolute Gasteiger partial charge is 0.335 e. The molecule has 0 spiro atoms. The molecule has 4 aromatic heterocycles. The summed E-state index contributed by atoms with van der Waals surface area (Å²) in [4.78, 5) is 44.1. The average Bonchev–Trinajstić information content (AvgIpc) is 3.30. The summed E-state index contributed by atoms with van der Waals surface area (Å²) in [5.41, 5.74) is 1.75. The quantitative estimate of drug-likeness (QED) is 0.320. The minimum atomic E-state index is -0.503. The summed E-state index contributed by atoms with van der Waals surface area (Å²) in [5, 5.41) is 15.1. The van der Waals surface area contributed by atoms with Gasteiger partial charge >= 0.3 is 11.9 Å². The zero-order valence-electron chi connectivity index (χ0n) is 14.5. The standard InChI is InChI=1S/C16H14N8O4/c25-13(27-23-15-11(19-21-23)5-3-9-17-15)7-1-2-8-14(26)28-24-16-12(20-22-24)6-4-10-18-16/h3-6,9-10H,1-2,7-8H2. The van der Waals surface area contributed by atoms with E-state index in [0.717, 1.165) is 9.69 Å². The highest BCUT2D eigenvalue weighted by Crippen LogP contribution is 2.07. The van der Waals surface area contributed by atoms with Crippen LogP contribution in [0.4, 0.5) is 0 Å². The molecule has 0 unspecified atom stereocenters. The highest BCUT2D eigenvalue weighted by Gasteiger charge is 2.13. The van der Waals surface area contributed by atoms with Gasteiger partial charge in [0.05, 0.1) is 0 Å². The Bertz CT molecular complexity index is 1050. The molecule has 4 heterocycles. The second-order valence-electron chi connectivity index (χ2n) is 5.75. The van der Waals surface area contributed by atoms with Crippen LogP contribution < -0.4 is 9.68 Å². The van der Waals surface area contributed by atoms with Crippen LogP contribution in [0.2, 0.25) is 0 Å². The van der Waals surface area contributed by atoms with Gasteiger partial charge in [0, 0.05) is 25.2 Å². The van der Waals surface area contributed by atoms with Crippen LogP contribution >= 0.6 is 0 Å². The number of aromatic nitrogens is 8. The maximum atomic E-state index is 11.9. The topological polar surface area (TPSA) is 140 Å². The van der Waals surface area contributed by atoms with Gasteiger partial charge in [-0.15, -0.1) is 10.2 Å². The van der Waals surface area contributed by atoms with Crippen molar-refractivity contribution in [3.05, 3.63) is 36.7 Å². The molecule has 0 N–H and O–H groups in total. The SMILES string of the molecule is O=C(CCCCC(=O)On1nnc2cccnc21)On1nnc2cccnc21. The molecular weight excluding hydrogens is 368 g/mol. The Morgan fingerprint density at radius 3 is 1.71 bits per heavy atom. The predicted molar refractivity (Wildman–Crippen MR) is 92.3 cm³/mol. The fourth-order valence-electron chi connectivity index (χ4n) is 2.44. The van der Waals surface area contributed by atoms with Crippen molar-refractivity contribution in [1.82, 2.24) is 40.3 Å². The Balaban J connectivity index is 1.22. The molecule has 28 heavy (non-hydrogen) atoms. The number of nitrogens with zero attached hydrogens (tertiary/aromatic N) is 8. The van der Waals surface area contributed by atoms with Crippen LogP contribution in [0, 0.1) is 0 Å². The molecule has 4 rings (SSSR count). The molecule has 0 saturated carbocycles. The van der Waals surface area contributed by atoms with Gasteiger partial charge < -0.3 is 9.68 Å². The third-order valence-corrected chi connectivity index (χ3v) is 3.75. The summed E-state index contributed by atoms with van der Waals surface area (Å²) in [5.74, 6) is -1.01. The Morgan fingerprint density at radius 1 is 0.786 bits per heavy atom. The van der Waals surface area contributed by atoms with E-state index < -0.39 is 11.9 Å². The van der Waals surface area contributed by atoms with E-state index in [0.29, 0.717) is 35.2 Å². The van der Waals surface area contributed by atoms with Gasteiger partial charge in [-0.3, -0.25) is 0 Å². The van der Waals surface area contributed by atoms with Crippen LogP contribution in [0.5, 0.6) is 0 Å². The summed E-state index contributed by atoms with van der Waals surface area (Å²) < 4.78 is 0. The molecule has 0 fully saturated rings.